The van der Waals surface area contributed by atoms with E-state index in [0.717, 1.165) is 11.3 Å². The molecule has 0 bridgehead atoms. The fraction of sp³-hybridized carbons (Fsp3) is 0.136. The largest absolute Gasteiger partial charge is 0.510 e. The van der Waals surface area contributed by atoms with Crippen LogP contribution in [0.25, 0.3) is 27.7 Å². The number of halogens is 1. The predicted octanol–water partition coefficient (Wildman–Crippen LogP) is 4.52. The summed E-state index contributed by atoms with van der Waals surface area (Å²) in [5.41, 5.74) is 2.31. The fourth-order valence-corrected chi connectivity index (χ4v) is 4.68. The molecular weight excluding hydrogens is 438 g/mol. The van der Waals surface area contributed by atoms with Crippen LogP contribution >= 0.6 is 22.9 Å². The van der Waals surface area contributed by atoms with Crippen LogP contribution in [0.4, 0.5) is 0 Å². The third-order valence-electron chi connectivity index (χ3n) is 5.16. The van der Waals surface area contributed by atoms with E-state index in [2.05, 4.69) is 9.97 Å². The Kier molecular flexibility index (Phi) is 4.68. The Morgan fingerprint density at radius 1 is 1.10 bits per heavy atom. The molecule has 0 amide bonds. The number of benzene rings is 2. The number of aliphatic hydroxyl groups excluding tert-OH is 1. The van der Waals surface area contributed by atoms with Crippen LogP contribution in [-0.4, -0.2) is 33.9 Å². The van der Waals surface area contributed by atoms with Gasteiger partial charge in [-0.1, -0.05) is 23.7 Å². The highest BCUT2D eigenvalue weighted by atomic mass is 35.5. The van der Waals surface area contributed by atoms with E-state index in [-0.39, 0.29) is 12.3 Å². The number of fused-ring (bicyclic) bond motifs is 3. The number of aromatic nitrogens is 3. The molecule has 0 fully saturated rings. The van der Waals surface area contributed by atoms with Crippen molar-refractivity contribution in [1.82, 2.24) is 14.5 Å². The molecule has 5 rings (SSSR count). The molecule has 1 aliphatic rings. The lowest BCUT2D eigenvalue weighted by molar-refractivity contribution is 0.355. The van der Waals surface area contributed by atoms with Gasteiger partial charge in [-0.05, 0) is 18.2 Å². The maximum absolute atomic E-state index is 12.8. The third kappa shape index (κ3) is 3.15. The summed E-state index contributed by atoms with van der Waals surface area (Å²) < 4.78 is 12.5. The highest BCUT2D eigenvalue weighted by molar-refractivity contribution is 7.11. The molecule has 0 unspecified atom stereocenters. The first-order valence-corrected chi connectivity index (χ1v) is 10.6. The molecular formula is C22H16ClN3O4S. The first-order chi connectivity index (χ1) is 15.0. The van der Waals surface area contributed by atoms with Crippen LogP contribution in [0.1, 0.15) is 10.8 Å². The van der Waals surface area contributed by atoms with Gasteiger partial charge >= 0.3 is 0 Å². The van der Waals surface area contributed by atoms with Gasteiger partial charge in [-0.25, -0.2) is 4.98 Å². The van der Waals surface area contributed by atoms with Crippen LogP contribution in [-0.2, 0) is 6.54 Å². The predicted molar refractivity (Wildman–Crippen MR) is 120 cm³/mol. The zero-order valence-electron chi connectivity index (χ0n) is 16.5. The molecule has 0 aliphatic carbocycles. The number of ether oxygens (including phenoxy) is 2. The zero-order chi connectivity index (χ0) is 21.7. The van der Waals surface area contributed by atoms with E-state index in [1.165, 1.54) is 25.6 Å². The van der Waals surface area contributed by atoms with Gasteiger partial charge in [0.05, 0.1) is 42.9 Å². The molecule has 9 heteroatoms. The first-order valence-electron chi connectivity index (χ1n) is 9.31. The van der Waals surface area contributed by atoms with E-state index in [9.17, 15) is 9.90 Å². The summed E-state index contributed by atoms with van der Waals surface area (Å²) in [6.45, 7) is 0.180. The minimum absolute atomic E-state index is 0.103. The van der Waals surface area contributed by atoms with Crippen LogP contribution in [0, 0.1) is 0 Å². The second-order valence-electron chi connectivity index (χ2n) is 6.92. The van der Waals surface area contributed by atoms with Gasteiger partial charge in [0.15, 0.2) is 17.3 Å². The number of allylic oxidation sites excluding steroid dienone is 1. The van der Waals surface area contributed by atoms with Crippen molar-refractivity contribution in [2.24, 2.45) is 0 Å². The summed E-state index contributed by atoms with van der Waals surface area (Å²) in [6, 6.07) is 10.7. The van der Waals surface area contributed by atoms with Crippen molar-refractivity contribution in [3.05, 3.63) is 73.7 Å². The molecule has 3 heterocycles. The van der Waals surface area contributed by atoms with E-state index in [0.29, 0.717) is 43.8 Å². The van der Waals surface area contributed by atoms with Gasteiger partial charge < -0.3 is 19.1 Å². The molecule has 1 aliphatic heterocycles. The summed E-state index contributed by atoms with van der Waals surface area (Å²) in [5, 5.41) is 14.3. The number of thiazole rings is 1. The van der Waals surface area contributed by atoms with Crippen LogP contribution in [0.15, 0.2) is 52.3 Å². The van der Waals surface area contributed by atoms with Crippen LogP contribution < -0.4 is 15.0 Å². The molecule has 1 N–H and O–H groups in total. The summed E-state index contributed by atoms with van der Waals surface area (Å²) in [5.74, 6) is 1.41. The molecule has 0 saturated heterocycles. The van der Waals surface area contributed by atoms with Crippen molar-refractivity contribution in [2.45, 2.75) is 6.54 Å². The molecule has 2 aromatic carbocycles. The fourth-order valence-electron chi connectivity index (χ4n) is 3.66. The minimum atomic E-state index is -0.413. The van der Waals surface area contributed by atoms with Gasteiger partial charge in [0, 0.05) is 22.0 Å². The summed E-state index contributed by atoms with van der Waals surface area (Å²) in [7, 11) is 3.04. The van der Waals surface area contributed by atoms with Crippen molar-refractivity contribution in [2.75, 3.05) is 14.2 Å². The molecule has 2 aromatic heterocycles. The number of rotatable bonds is 4. The second-order valence-corrected chi connectivity index (χ2v) is 8.21. The Hall–Kier alpha value is -3.36. The van der Waals surface area contributed by atoms with Gasteiger partial charge in [-0.3, -0.25) is 4.79 Å². The second kappa shape index (κ2) is 7.40. The topological polar surface area (TPSA) is 86.5 Å². The highest BCUT2D eigenvalue weighted by Crippen LogP contribution is 2.38. The lowest BCUT2D eigenvalue weighted by atomic mass is 10.2. The Balaban J connectivity index is 1.65. The Bertz CT molecular complexity index is 1420. The van der Waals surface area contributed by atoms with Crippen molar-refractivity contribution in [1.29, 1.82) is 0 Å². The molecule has 31 heavy (non-hydrogen) atoms. The van der Waals surface area contributed by atoms with Crippen molar-refractivity contribution in [3.63, 3.8) is 0 Å². The smallest absolute Gasteiger partial charge is 0.281 e. The molecule has 0 radical (unpaired) electrons. The number of nitrogens with zero attached hydrogens (tertiary/aromatic N) is 3. The Morgan fingerprint density at radius 3 is 2.52 bits per heavy atom. The lowest BCUT2D eigenvalue weighted by Gasteiger charge is -2.13. The summed E-state index contributed by atoms with van der Waals surface area (Å²) in [6.07, 6.45) is 0. The maximum Gasteiger partial charge on any atom is 0.281 e. The minimum Gasteiger partial charge on any atom is -0.510 e. The van der Waals surface area contributed by atoms with Gasteiger partial charge in [0.2, 0.25) is 0 Å². The monoisotopic (exact) mass is 453 g/mol. The molecule has 0 saturated carbocycles. The van der Waals surface area contributed by atoms with Crippen molar-refractivity contribution < 1.29 is 14.6 Å². The lowest BCUT2D eigenvalue weighted by Crippen LogP contribution is -2.16. The van der Waals surface area contributed by atoms with E-state index >= 15 is 0 Å². The average molecular weight is 454 g/mol. The molecule has 0 atom stereocenters. The maximum atomic E-state index is 12.8. The Labute approximate surface area is 185 Å². The van der Waals surface area contributed by atoms with Crippen LogP contribution in [0.5, 0.6) is 11.5 Å². The number of aliphatic hydroxyl groups is 1. The number of hydrogen-bond donors (Lipinski definition) is 1. The SMILES string of the molecule is COc1cc2c(=O)nc3n(c2cc1OC)CC(O)=C3c1nc(-c2ccc(Cl)cc2)cs1. The van der Waals surface area contributed by atoms with Crippen LogP contribution in [0.2, 0.25) is 5.02 Å². The summed E-state index contributed by atoms with van der Waals surface area (Å²) >= 11 is 7.35. The molecule has 0 spiro atoms. The van der Waals surface area contributed by atoms with Gasteiger partial charge in [0.1, 0.15) is 10.8 Å². The normalized spacial score (nSPS) is 13.0. The van der Waals surface area contributed by atoms with Gasteiger partial charge in [-0.2, -0.15) is 4.98 Å². The van der Waals surface area contributed by atoms with Gasteiger partial charge in [-0.15, -0.1) is 11.3 Å². The number of hydrogen-bond acceptors (Lipinski definition) is 7. The molecule has 156 valence electrons. The van der Waals surface area contributed by atoms with Crippen molar-refractivity contribution >= 4 is 39.4 Å². The summed E-state index contributed by atoms with van der Waals surface area (Å²) in [4.78, 5) is 21.7. The highest BCUT2D eigenvalue weighted by Gasteiger charge is 2.29. The van der Waals surface area contributed by atoms with Crippen molar-refractivity contribution in [3.8, 4) is 22.8 Å². The van der Waals surface area contributed by atoms with E-state index in [4.69, 9.17) is 21.1 Å². The third-order valence-corrected chi connectivity index (χ3v) is 6.28. The first kappa shape index (κ1) is 19.6. The standard InChI is InChI=1S/C22H16ClN3O4S/c1-29-17-7-13-15(8-18(17)30-2)26-9-16(27)19(20(26)25-21(13)28)22-24-14(10-31-22)11-3-5-12(23)6-4-11/h3-8,10,27H,9H2,1-2H3. The number of methoxy groups -OCH3 is 2. The van der Waals surface area contributed by atoms with E-state index < -0.39 is 5.56 Å². The molecule has 4 aromatic rings. The average Bonchev–Trinajstić information content (AvgIpc) is 3.37. The quantitative estimate of drug-likeness (QED) is 0.489. The van der Waals surface area contributed by atoms with E-state index in [1.54, 1.807) is 28.8 Å². The molecule has 7 nitrogen and oxygen atoms in total. The zero-order valence-corrected chi connectivity index (χ0v) is 18.1. The van der Waals surface area contributed by atoms with E-state index in [1.807, 2.05) is 17.5 Å². The van der Waals surface area contributed by atoms with Crippen LogP contribution in [0.3, 0.4) is 0 Å². The van der Waals surface area contributed by atoms with Gasteiger partial charge in [0.25, 0.3) is 5.56 Å². The Morgan fingerprint density at radius 2 is 1.81 bits per heavy atom.